The fourth-order valence-electron chi connectivity index (χ4n) is 5.37. The molecule has 2 amide bonds. The number of hydrogen-bond acceptors (Lipinski definition) is 7. The van der Waals surface area contributed by atoms with Gasteiger partial charge in [0.2, 0.25) is 5.91 Å². The molecule has 9 heteroatoms. The van der Waals surface area contributed by atoms with Crippen molar-refractivity contribution in [1.29, 1.82) is 0 Å². The second-order valence-electron chi connectivity index (χ2n) is 8.77. The molecular formula is C26H27N5O3S. The minimum Gasteiger partial charge on any atom is -0.378 e. The van der Waals surface area contributed by atoms with Crippen molar-refractivity contribution in [2.24, 2.45) is 0 Å². The summed E-state index contributed by atoms with van der Waals surface area (Å²) in [6.07, 6.45) is 6.25. The molecule has 1 fully saturated rings. The third-order valence-corrected chi connectivity index (χ3v) is 7.85. The summed E-state index contributed by atoms with van der Waals surface area (Å²) >= 11 is 1.35. The molecule has 3 aromatic rings. The number of carbonyl (C=O) groups is 2. The van der Waals surface area contributed by atoms with E-state index in [1.165, 1.54) is 17.3 Å². The maximum atomic E-state index is 13.0. The Kier molecular flexibility index (Phi) is 6.79. The van der Waals surface area contributed by atoms with Gasteiger partial charge in [0.15, 0.2) is 5.16 Å². The molecule has 2 atom stereocenters. The van der Waals surface area contributed by atoms with E-state index in [2.05, 4.69) is 32.4 Å². The second-order valence-corrected chi connectivity index (χ2v) is 9.71. The first-order chi connectivity index (χ1) is 17.1. The lowest BCUT2D eigenvalue weighted by molar-refractivity contribution is -0.131. The molecule has 3 heterocycles. The first-order valence-electron chi connectivity index (χ1n) is 11.6. The van der Waals surface area contributed by atoms with E-state index in [0.717, 1.165) is 18.4 Å². The van der Waals surface area contributed by atoms with Gasteiger partial charge in [0, 0.05) is 44.2 Å². The molecule has 1 N–H and O–H groups in total. The first-order valence-corrected chi connectivity index (χ1v) is 12.6. The lowest BCUT2D eigenvalue weighted by Crippen LogP contribution is -2.52. The minimum atomic E-state index is -0.293. The maximum Gasteiger partial charge on any atom is 0.270 e. The van der Waals surface area contributed by atoms with Crippen LogP contribution in [0, 0.1) is 0 Å². The average molecular weight is 490 g/mol. The van der Waals surface area contributed by atoms with Crippen molar-refractivity contribution in [2.45, 2.75) is 35.6 Å². The van der Waals surface area contributed by atoms with Gasteiger partial charge < -0.3 is 15.0 Å². The molecule has 1 spiro atoms. The van der Waals surface area contributed by atoms with E-state index < -0.39 is 0 Å². The van der Waals surface area contributed by atoms with E-state index in [0.29, 0.717) is 29.7 Å². The van der Waals surface area contributed by atoms with Crippen molar-refractivity contribution in [3.63, 3.8) is 0 Å². The fraction of sp³-hybridized carbons (Fsp3) is 0.346. The van der Waals surface area contributed by atoms with Gasteiger partial charge in [0.05, 0.1) is 17.9 Å². The first kappa shape index (κ1) is 23.4. The Morgan fingerprint density at radius 1 is 1.03 bits per heavy atom. The predicted molar refractivity (Wildman–Crippen MR) is 132 cm³/mol. The van der Waals surface area contributed by atoms with Crippen LogP contribution in [0.15, 0.2) is 72.3 Å². The van der Waals surface area contributed by atoms with Gasteiger partial charge in [-0.25, -0.2) is 9.97 Å². The number of thioether (sulfide) groups is 1. The number of ether oxygens (including phenoxy) is 1. The monoisotopic (exact) mass is 489 g/mol. The van der Waals surface area contributed by atoms with E-state index in [4.69, 9.17) is 4.74 Å². The SMILES string of the molecule is CO[C@H]1[C@H](NC(=O)c2ccccn2)c2ccccc2C12CCN(C(=O)CSc1ncccn1)CC2. The average Bonchev–Trinajstić information content (AvgIpc) is 3.17. The number of piperidine rings is 1. The highest BCUT2D eigenvalue weighted by molar-refractivity contribution is 7.99. The Labute approximate surface area is 208 Å². The molecule has 1 aromatic carbocycles. The Morgan fingerprint density at radius 3 is 2.46 bits per heavy atom. The molecule has 180 valence electrons. The lowest BCUT2D eigenvalue weighted by atomic mass is 9.72. The van der Waals surface area contributed by atoms with Crippen molar-refractivity contribution < 1.29 is 14.3 Å². The molecule has 35 heavy (non-hydrogen) atoms. The number of rotatable bonds is 6. The van der Waals surface area contributed by atoms with Gasteiger partial charge in [-0.15, -0.1) is 0 Å². The smallest absolute Gasteiger partial charge is 0.270 e. The van der Waals surface area contributed by atoms with E-state index in [9.17, 15) is 9.59 Å². The summed E-state index contributed by atoms with van der Waals surface area (Å²) in [7, 11) is 1.70. The van der Waals surface area contributed by atoms with Crippen molar-refractivity contribution in [3.8, 4) is 0 Å². The van der Waals surface area contributed by atoms with Crippen molar-refractivity contribution >= 4 is 23.6 Å². The van der Waals surface area contributed by atoms with E-state index in [1.54, 1.807) is 50.0 Å². The van der Waals surface area contributed by atoms with E-state index >= 15 is 0 Å². The fourth-order valence-corrected chi connectivity index (χ4v) is 6.08. The highest BCUT2D eigenvalue weighted by Crippen LogP contribution is 2.52. The summed E-state index contributed by atoms with van der Waals surface area (Å²) in [5.41, 5.74) is 2.36. The van der Waals surface area contributed by atoms with Crippen molar-refractivity contribution in [1.82, 2.24) is 25.2 Å². The second kappa shape index (κ2) is 10.1. The maximum absolute atomic E-state index is 13.0. The highest BCUT2D eigenvalue weighted by Gasteiger charge is 2.54. The Balaban J connectivity index is 1.32. The quantitative estimate of drug-likeness (QED) is 0.420. The molecule has 0 radical (unpaired) electrons. The number of aromatic nitrogens is 3. The van der Waals surface area contributed by atoms with Crippen molar-refractivity contribution in [3.05, 3.63) is 83.9 Å². The summed E-state index contributed by atoms with van der Waals surface area (Å²) in [6.45, 7) is 1.26. The highest BCUT2D eigenvalue weighted by atomic mass is 32.2. The van der Waals surface area contributed by atoms with E-state index in [1.807, 2.05) is 17.0 Å². The summed E-state index contributed by atoms with van der Waals surface area (Å²) in [6, 6.07) is 15.0. The number of pyridine rings is 1. The predicted octanol–water partition coefficient (Wildman–Crippen LogP) is 3.02. The van der Waals surface area contributed by atoms with Gasteiger partial charge in [-0.05, 0) is 42.2 Å². The number of methoxy groups -OCH3 is 1. The molecule has 1 aliphatic heterocycles. The molecule has 5 rings (SSSR count). The summed E-state index contributed by atoms with van der Waals surface area (Å²) < 4.78 is 6.08. The molecular weight excluding hydrogens is 462 g/mol. The Morgan fingerprint density at radius 2 is 1.74 bits per heavy atom. The van der Waals surface area contributed by atoms with Gasteiger partial charge >= 0.3 is 0 Å². The summed E-state index contributed by atoms with van der Waals surface area (Å²) in [4.78, 5) is 40.3. The van der Waals surface area contributed by atoms with Crippen LogP contribution in [0.5, 0.6) is 0 Å². The minimum absolute atomic E-state index is 0.0811. The van der Waals surface area contributed by atoms with Gasteiger partial charge in [-0.3, -0.25) is 14.6 Å². The summed E-state index contributed by atoms with van der Waals surface area (Å²) in [5.74, 6) is 0.166. The zero-order valence-electron chi connectivity index (χ0n) is 19.5. The number of fused-ring (bicyclic) bond motifs is 2. The van der Waals surface area contributed by atoms with Crippen LogP contribution < -0.4 is 5.32 Å². The Bertz CT molecular complexity index is 1190. The number of hydrogen-bond donors (Lipinski definition) is 1. The Hall–Kier alpha value is -3.30. The largest absolute Gasteiger partial charge is 0.378 e. The van der Waals surface area contributed by atoms with Crippen LogP contribution in [0.3, 0.4) is 0 Å². The molecule has 1 aliphatic carbocycles. The van der Waals surface area contributed by atoms with Gasteiger partial charge in [-0.1, -0.05) is 42.1 Å². The molecule has 0 saturated carbocycles. The number of carbonyl (C=O) groups excluding carboxylic acids is 2. The van der Waals surface area contributed by atoms with Crippen LogP contribution in [0.2, 0.25) is 0 Å². The van der Waals surface area contributed by atoms with Crippen LogP contribution in [0.1, 0.15) is 40.5 Å². The van der Waals surface area contributed by atoms with Crippen LogP contribution in [0.4, 0.5) is 0 Å². The molecule has 2 aromatic heterocycles. The zero-order chi connectivity index (χ0) is 24.3. The number of nitrogens with one attached hydrogen (secondary N) is 1. The molecule has 1 saturated heterocycles. The van der Waals surface area contributed by atoms with E-state index in [-0.39, 0.29) is 29.4 Å². The normalized spacial score (nSPS) is 20.4. The van der Waals surface area contributed by atoms with Crippen LogP contribution in [-0.4, -0.2) is 63.7 Å². The van der Waals surface area contributed by atoms with Crippen LogP contribution in [-0.2, 0) is 14.9 Å². The van der Waals surface area contributed by atoms with Crippen LogP contribution in [0.25, 0.3) is 0 Å². The topological polar surface area (TPSA) is 97.3 Å². The molecule has 2 aliphatic rings. The number of amides is 2. The number of likely N-dealkylation sites (tertiary alicyclic amines) is 1. The standard InChI is InChI=1S/C26H27N5O3S/c1-34-23-22(30-24(33)20-9-4-5-12-27-20)18-7-2-3-8-19(18)26(23)10-15-31(16-11-26)21(32)17-35-25-28-13-6-14-29-25/h2-9,12-14,22-23H,10-11,15-17H2,1H3,(H,30,33)/t22-,23+/m1/s1. The van der Waals surface area contributed by atoms with Crippen LogP contribution >= 0.6 is 11.8 Å². The van der Waals surface area contributed by atoms with Crippen molar-refractivity contribution in [2.75, 3.05) is 26.0 Å². The van der Waals surface area contributed by atoms with Gasteiger partial charge in [0.1, 0.15) is 5.69 Å². The molecule has 8 nitrogen and oxygen atoms in total. The van der Waals surface area contributed by atoms with Gasteiger partial charge in [0.25, 0.3) is 5.91 Å². The lowest BCUT2D eigenvalue weighted by Gasteiger charge is -2.44. The third kappa shape index (κ3) is 4.53. The molecule has 0 bridgehead atoms. The third-order valence-electron chi connectivity index (χ3n) is 6.99. The summed E-state index contributed by atoms with van der Waals surface area (Å²) in [5, 5.41) is 3.77. The zero-order valence-corrected chi connectivity index (χ0v) is 20.3. The number of nitrogens with zero attached hydrogens (tertiary/aromatic N) is 4. The van der Waals surface area contributed by atoms with Gasteiger partial charge in [-0.2, -0.15) is 0 Å². The molecule has 0 unspecified atom stereocenters. The number of benzene rings is 1.